The predicted molar refractivity (Wildman–Crippen MR) is 171 cm³/mol. The van der Waals surface area contributed by atoms with Crippen LogP contribution in [-0.4, -0.2) is 83.5 Å². The second-order valence-corrected chi connectivity index (χ2v) is 16.0. The van der Waals surface area contributed by atoms with Gasteiger partial charge in [-0.15, -0.1) is 23.5 Å². The third-order valence-corrected chi connectivity index (χ3v) is 13.1. The lowest BCUT2D eigenvalue weighted by atomic mass is 9.87. The molecule has 0 aliphatic carbocycles. The molecule has 4 aliphatic rings. The van der Waals surface area contributed by atoms with Gasteiger partial charge < -0.3 is 20.4 Å². The summed E-state index contributed by atoms with van der Waals surface area (Å²) < 4.78 is 10.2. The number of thioether (sulfide) groups is 2. The zero-order valence-corrected chi connectivity index (χ0v) is 28.4. The van der Waals surface area contributed by atoms with Crippen molar-refractivity contribution in [1.29, 1.82) is 0 Å². The Bertz CT molecular complexity index is 1880. The highest BCUT2D eigenvalue weighted by Gasteiger charge is 2.50. The lowest BCUT2D eigenvalue weighted by Gasteiger charge is -2.30. The van der Waals surface area contributed by atoms with E-state index in [4.69, 9.17) is 0 Å². The summed E-state index contributed by atoms with van der Waals surface area (Å²) in [5.41, 5.74) is -1.22. The van der Waals surface area contributed by atoms with Crippen LogP contribution in [0.3, 0.4) is 0 Å². The maximum absolute atomic E-state index is 15.0. The minimum Gasteiger partial charge on any atom is -0.481 e. The molecule has 3 aromatic heterocycles. The summed E-state index contributed by atoms with van der Waals surface area (Å²) in [7, 11) is 0. The normalized spacial score (nSPS) is 28.1. The highest BCUT2D eigenvalue weighted by molar-refractivity contribution is 8.08. The largest absolute Gasteiger partial charge is 0.481 e. The van der Waals surface area contributed by atoms with Gasteiger partial charge in [-0.25, -0.2) is 0 Å². The van der Waals surface area contributed by atoms with Crippen LogP contribution in [0.5, 0.6) is 0 Å². The van der Waals surface area contributed by atoms with E-state index in [0.717, 1.165) is 0 Å². The molecule has 4 unspecified atom stereocenters. The van der Waals surface area contributed by atoms with Crippen LogP contribution in [0.1, 0.15) is 39.8 Å². The molecule has 4 aliphatic heterocycles. The first-order valence-corrected chi connectivity index (χ1v) is 17.7. The quantitative estimate of drug-likeness (QED) is 0.160. The first kappa shape index (κ1) is 32.8. The molecule has 16 nitrogen and oxygen atoms in total. The van der Waals surface area contributed by atoms with Crippen molar-refractivity contribution in [3.05, 3.63) is 56.7 Å². The maximum atomic E-state index is 15.0. The third kappa shape index (κ3) is 4.97. The molecule has 0 saturated heterocycles. The number of carboxylic acid groups (broad SMARTS) is 2. The lowest BCUT2D eigenvalue weighted by Crippen LogP contribution is -2.59. The van der Waals surface area contributed by atoms with Gasteiger partial charge in [0.1, 0.15) is 35.6 Å². The summed E-state index contributed by atoms with van der Waals surface area (Å²) in [5, 5.41) is 42.1. The number of hydrogen-bond acceptors (Lipinski definition) is 10. The fraction of sp³-hybridized carbons (Fsp3) is 0.600. The molecule has 0 saturated carbocycles. The highest BCUT2D eigenvalue weighted by atomic mass is 32.2. The average molecular weight is 703 g/mol. The number of carbonyl (C=O) groups is 2. The minimum atomic E-state index is -1.41. The molecule has 8 atom stereocenters. The van der Waals surface area contributed by atoms with Crippen LogP contribution in [0, 0.1) is 23.7 Å². The van der Waals surface area contributed by atoms with Crippen LogP contribution < -0.4 is 31.2 Å². The van der Waals surface area contributed by atoms with Gasteiger partial charge in [-0.1, -0.05) is 13.8 Å². The molecule has 0 spiro atoms. The molecule has 256 valence electrons. The topological polar surface area (TPSA) is 202 Å². The molecule has 7 heterocycles. The number of aliphatic hydroxyl groups excluding tert-OH is 2. The van der Waals surface area contributed by atoms with E-state index in [1.165, 1.54) is 46.5 Å². The average Bonchev–Trinajstić information content (AvgIpc) is 3.82. The highest BCUT2D eigenvalue weighted by Crippen LogP contribution is 2.45. The Morgan fingerprint density at radius 1 is 0.771 bits per heavy atom. The smallest absolute Gasteiger partial charge is 0.311 e. The van der Waals surface area contributed by atoms with Gasteiger partial charge in [0.15, 0.2) is 0 Å². The lowest BCUT2D eigenvalue weighted by molar-refractivity contribution is -0.758. The van der Waals surface area contributed by atoms with Crippen LogP contribution in [0.2, 0.25) is 0 Å². The Hall–Kier alpha value is -3.74. The molecule has 4 N–H and O–H groups in total. The summed E-state index contributed by atoms with van der Waals surface area (Å²) in [6.07, 6.45) is 4.08. The van der Waals surface area contributed by atoms with E-state index in [-0.39, 0.29) is 21.2 Å². The molecule has 18 heteroatoms. The number of aliphatic carboxylic acids is 2. The Kier molecular flexibility index (Phi) is 8.19. The van der Waals surface area contributed by atoms with Gasteiger partial charge in [-0.3, -0.25) is 28.3 Å². The fourth-order valence-electron chi connectivity index (χ4n) is 8.09. The second-order valence-electron chi connectivity index (χ2n) is 13.3. The van der Waals surface area contributed by atoms with Crippen LogP contribution in [-0.2, 0) is 35.8 Å². The molecule has 0 amide bonds. The van der Waals surface area contributed by atoms with Crippen LogP contribution >= 0.6 is 23.5 Å². The van der Waals surface area contributed by atoms with Crippen molar-refractivity contribution in [3.63, 3.8) is 0 Å². The molecule has 0 aromatic carbocycles. The molecular formula is C30H38N8O8S2+2. The second kappa shape index (κ2) is 12.0. The maximum Gasteiger partial charge on any atom is 0.311 e. The summed E-state index contributed by atoms with van der Waals surface area (Å²) in [5.74, 6) is -6.69. The number of carboxylic acids is 2. The van der Waals surface area contributed by atoms with Crippen molar-refractivity contribution < 1.29 is 39.4 Å². The van der Waals surface area contributed by atoms with E-state index < -0.39 is 71.0 Å². The van der Waals surface area contributed by atoms with Gasteiger partial charge in [0.05, 0.1) is 47.9 Å². The first-order valence-electron chi connectivity index (χ1n) is 15.9. The SMILES string of the molecule is C[C@@H](O)C(C(=O)O)C1[C@@H](C)C(SC2Cn3cnc[n+]3C2)=c2c(=O)n3c(c(=O)n21)=C(SC1Cn2cnc[n+]2C1)[C@H](C)C3C(C(=O)O)[C@@H](C)O. The summed E-state index contributed by atoms with van der Waals surface area (Å²) >= 11 is 2.79. The van der Waals surface area contributed by atoms with Gasteiger partial charge in [-0.2, -0.15) is 18.7 Å². The fourth-order valence-corrected chi connectivity index (χ4v) is 11.0. The predicted octanol–water partition coefficient (Wildman–Crippen LogP) is -2.63. The van der Waals surface area contributed by atoms with Crippen LogP contribution in [0.25, 0.3) is 9.81 Å². The summed E-state index contributed by atoms with van der Waals surface area (Å²) in [6, 6.07) is -2.16. The van der Waals surface area contributed by atoms with Gasteiger partial charge in [-0.05, 0) is 23.8 Å². The van der Waals surface area contributed by atoms with Crippen LogP contribution in [0.4, 0.5) is 0 Å². The Balaban J connectivity index is 1.48. The number of aliphatic hydroxyl groups is 2. The molecule has 0 fully saturated rings. The number of aromatic nitrogens is 8. The van der Waals surface area contributed by atoms with E-state index in [1.807, 2.05) is 18.7 Å². The van der Waals surface area contributed by atoms with E-state index >= 15 is 0 Å². The van der Waals surface area contributed by atoms with Crippen molar-refractivity contribution in [2.45, 2.75) is 88.7 Å². The zero-order chi connectivity index (χ0) is 34.3. The van der Waals surface area contributed by atoms with Crippen molar-refractivity contribution in [2.24, 2.45) is 23.7 Å². The zero-order valence-electron chi connectivity index (χ0n) is 26.7. The van der Waals surface area contributed by atoms with Crippen molar-refractivity contribution in [3.8, 4) is 0 Å². The Morgan fingerprint density at radius 2 is 1.15 bits per heavy atom. The standard InChI is InChI=1S/C30H36N8O8S2/c1-13-21(19(15(3)39)29(43)44)37-23(25(13)47-17-5-33-9-31-10-34(33)6-17)27(41)38-22(20(16(4)40)30(45)46)14(2)26(24(38)28(37)42)48-18-7-35-11-32-12-36(35)8-18/h9-22,39-40H,5-8H2,1-4H3/p+2/t13-,14-,15-,16-,19?,20?,21?,22?/m1/s1. The first-order chi connectivity index (χ1) is 22.8. The summed E-state index contributed by atoms with van der Waals surface area (Å²) in [6.45, 7) is 8.53. The molecule has 48 heavy (non-hydrogen) atoms. The third-order valence-electron chi connectivity index (χ3n) is 10.2. The molecule has 0 radical (unpaired) electrons. The van der Waals surface area contributed by atoms with Gasteiger partial charge >= 0.3 is 24.6 Å². The van der Waals surface area contributed by atoms with Crippen molar-refractivity contribution >= 4 is 45.3 Å². The van der Waals surface area contributed by atoms with Crippen molar-refractivity contribution in [1.82, 2.24) is 28.5 Å². The summed E-state index contributed by atoms with van der Waals surface area (Å²) in [4.78, 5) is 64.7. The van der Waals surface area contributed by atoms with Crippen LogP contribution in [0.15, 0.2) is 34.9 Å². The van der Waals surface area contributed by atoms with Gasteiger partial charge in [0.2, 0.25) is 12.7 Å². The number of nitrogens with zero attached hydrogens (tertiary/aromatic N) is 8. The monoisotopic (exact) mass is 702 g/mol. The number of rotatable bonds is 10. The van der Waals surface area contributed by atoms with Gasteiger partial charge in [0.25, 0.3) is 11.1 Å². The Labute approximate surface area is 281 Å². The van der Waals surface area contributed by atoms with Crippen molar-refractivity contribution in [2.75, 3.05) is 0 Å². The minimum absolute atomic E-state index is 0.00877. The van der Waals surface area contributed by atoms with E-state index in [9.17, 15) is 39.6 Å². The number of hydrogen-bond donors (Lipinski definition) is 4. The molecular weight excluding hydrogens is 665 g/mol. The molecule has 7 rings (SSSR count). The van der Waals surface area contributed by atoms with E-state index in [0.29, 0.717) is 36.0 Å². The van der Waals surface area contributed by atoms with E-state index in [1.54, 1.807) is 39.2 Å². The van der Waals surface area contributed by atoms with E-state index in [2.05, 4.69) is 9.97 Å². The molecule has 0 bridgehead atoms. The Morgan fingerprint density at radius 3 is 1.46 bits per heavy atom. The van der Waals surface area contributed by atoms with Gasteiger partial charge in [0, 0.05) is 21.6 Å². The number of fused-ring (bicyclic) bond motifs is 4. The molecule has 3 aromatic rings.